The fourth-order valence-electron chi connectivity index (χ4n) is 0.724. The predicted octanol–water partition coefficient (Wildman–Crippen LogP) is 2.76. The maximum atomic E-state index is 5.87. The zero-order valence-electron chi connectivity index (χ0n) is 5.97. The van der Waals surface area contributed by atoms with Crippen molar-refractivity contribution in [2.24, 2.45) is 5.73 Å². The van der Waals surface area contributed by atoms with E-state index in [1.807, 2.05) is 6.07 Å². The third-order valence-corrected chi connectivity index (χ3v) is 2.10. The molecule has 0 aliphatic carbocycles. The topological polar surface area (TPSA) is 38.0 Å². The summed E-state index contributed by atoms with van der Waals surface area (Å²) < 4.78 is 0.918. The molecule has 2 nitrogen and oxygen atoms in total. The molecule has 0 aliphatic rings. The van der Waals surface area contributed by atoms with Crippen LogP contribution in [0.15, 0.2) is 22.7 Å². The molecule has 0 saturated heterocycles. The van der Waals surface area contributed by atoms with Gasteiger partial charge in [0.2, 0.25) is 0 Å². The number of rotatable bonds is 1. The van der Waals surface area contributed by atoms with Crippen LogP contribution in [-0.2, 0) is 0 Å². The molecule has 64 valence electrons. The van der Waals surface area contributed by atoms with Crippen LogP contribution in [0.25, 0.3) is 0 Å². The van der Waals surface area contributed by atoms with Gasteiger partial charge >= 0.3 is 0 Å². The van der Waals surface area contributed by atoms with Gasteiger partial charge in [0.25, 0.3) is 0 Å². The molecule has 5 heteroatoms. The Bertz CT molecular complexity index is 316. The van der Waals surface area contributed by atoms with Crippen LogP contribution in [0.5, 0.6) is 0 Å². The number of anilines is 1. The van der Waals surface area contributed by atoms with Crippen LogP contribution in [-0.4, -0.2) is 5.11 Å². The van der Waals surface area contributed by atoms with Gasteiger partial charge in [0, 0.05) is 4.47 Å². The van der Waals surface area contributed by atoms with E-state index in [2.05, 4.69) is 33.5 Å². The van der Waals surface area contributed by atoms with E-state index in [9.17, 15) is 0 Å². The summed E-state index contributed by atoms with van der Waals surface area (Å²) >= 11 is 13.8. The molecule has 0 bridgehead atoms. The molecule has 0 fully saturated rings. The second kappa shape index (κ2) is 4.07. The van der Waals surface area contributed by atoms with Crippen molar-refractivity contribution in [1.29, 1.82) is 0 Å². The second-order valence-corrected chi connectivity index (χ2v) is 3.88. The van der Waals surface area contributed by atoms with E-state index in [1.165, 1.54) is 0 Å². The lowest BCUT2D eigenvalue weighted by atomic mass is 10.3. The molecule has 3 N–H and O–H groups in total. The van der Waals surface area contributed by atoms with Crippen LogP contribution in [0, 0.1) is 0 Å². The van der Waals surface area contributed by atoms with E-state index < -0.39 is 0 Å². The van der Waals surface area contributed by atoms with Crippen molar-refractivity contribution < 1.29 is 0 Å². The first-order valence-corrected chi connectivity index (χ1v) is 4.69. The minimum absolute atomic E-state index is 0.208. The number of nitrogens with two attached hydrogens (primary N) is 1. The van der Waals surface area contributed by atoms with E-state index in [0.29, 0.717) is 10.7 Å². The van der Waals surface area contributed by atoms with Gasteiger partial charge in [0.1, 0.15) is 0 Å². The highest BCUT2D eigenvalue weighted by Gasteiger charge is 1.99. The minimum Gasteiger partial charge on any atom is -0.376 e. The number of hydrogen-bond acceptors (Lipinski definition) is 1. The van der Waals surface area contributed by atoms with Crippen LogP contribution in [0.2, 0.25) is 5.02 Å². The second-order valence-electron chi connectivity index (χ2n) is 2.11. The van der Waals surface area contributed by atoms with E-state index in [4.69, 9.17) is 17.3 Å². The zero-order valence-corrected chi connectivity index (χ0v) is 9.13. The van der Waals surface area contributed by atoms with Gasteiger partial charge in [-0.2, -0.15) is 0 Å². The van der Waals surface area contributed by atoms with Crippen LogP contribution in [0.4, 0.5) is 5.69 Å². The molecule has 0 spiro atoms. The van der Waals surface area contributed by atoms with Gasteiger partial charge < -0.3 is 11.1 Å². The highest BCUT2D eigenvalue weighted by molar-refractivity contribution is 9.10. The molecule has 1 aromatic carbocycles. The van der Waals surface area contributed by atoms with Crippen LogP contribution in [0.3, 0.4) is 0 Å². The van der Waals surface area contributed by atoms with E-state index in [1.54, 1.807) is 12.1 Å². The normalized spacial score (nSPS) is 9.50. The van der Waals surface area contributed by atoms with Crippen LogP contribution >= 0.6 is 39.7 Å². The molecule has 0 saturated carbocycles. The van der Waals surface area contributed by atoms with E-state index in [0.717, 1.165) is 4.47 Å². The summed E-state index contributed by atoms with van der Waals surface area (Å²) in [6, 6.07) is 5.42. The number of nitrogens with one attached hydrogen (secondary N) is 1. The maximum absolute atomic E-state index is 5.87. The molecule has 0 aromatic heterocycles. The van der Waals surface area contributed by atoms with Crippen molar-refractivity contribution in [3.05, 3.63) is 27.7 Å². The lowest BCUT2D eigenvalue weighted by molar-refractivity contribution is 1.58. The van der Waals surface area contributed by atoms with Gasteiger partial charge in [-0.3, -0.25) is 0 Å². The van der Waals surface area contributed by atoms with Crippen molar-refractivity contribution in [2.45, 2.75) is 0 Å². The summed E-state index contributed by atoms with van der Waals surface area (Å²) in [5.41, 5.74) is 6.00. The molecule has 0 radical (unpaired) electrons. The molecule has 0 amide bonds. The van der Waals surface area contributed by atoms with Gasteiger partial charge in [-0.1, -0.05) is 27.5 Å². The Kier molecular flexibility index (Phi) is 3.31. The van der Waals surface area contributed by atoms with Gasteiger partial charge in [0.05, 0.1) is 10.7 Å². The predicted molar refractivity (Wildman–Crippen MR) is 59.6 cm³/mol. The molecule has 0 atom stereocenters. The van der Waals surface area contributed by atoms with Gasteiger partial charge in [-0.15, -0.1) is 0 Å². The van der Waals surface area contributed by atoms with E-state index in [-0.39, 0.29) is 5.11 Å². The number of benzene rings is 1. The summed E-state index contributed by atoms with van der Waals surface area (Å²) in [6.07, 6.45) is 0. The van der Waals surface area contributed by atoms with E-state index >= 15 is 0 Å². The van der Waals surface area contributed by atoms with Gasteiger partial charge in [0.15, 0.2) is 5.11 Å². The standard InChI is InChI=1S/C7H6BrClN2S/c8-4-1-2-6(5(9)3-4)11-7(10)12/h1-3H,(H3,10,11,12). The monoisotopic (exact) mass is 264 g/mol. The first-order valence-electron chi connectivity index (χ1n) is 3.11. The molecule has 0 heterocycles. The average molecular weight is 266 g/mol. The molecule has 0 unspecified atom stereocenters. The smallest absolute Gasteiger partial charge is 0.168 e. The third kappa shape index (κ3) is 2.62. The first-order chi connectivity index (χ1) is 5.59. The summed E-state index contributed by atoms with van der Waals surface area (Å²) in [6.45, 7) is 0. The minimum atomic E-state index is 0.208. The van der Waals surface area contributed by atoms with Crippen molar-refractivity contribution in [3.8, 4) is 0 Å². The Morgan fingerprint density at radius 3 is 2.75 bits per heavy atom. The molecule has 12 heavy (non-hydrogen) atoms. The Morgan fingerprint density at radius 2 is 2.25 bits per heavy atom. The van der Waals surface area contributed by atoms with Crippen molar-refractivity contribution >= 4 is 50.5 Å². The largest absolute Gasteiger partial charge is 0.376 e. The number of halogens is 2. The Hall–Kier alpha value is -0.320. The lowest BCUT2D eigenvalue weighted by Gasteiger charge is -2.05. The quantitative estimate of drug-likeness (QED) is 0.767. The fourth-order valence-corrected chi connectivity index (χ4v) is 1.55. The SMILES string of the molecule is NC(=S)Nc1ccc(Br)cc1Cl. The Labute approximate surface area is 89.2 Å². The highest BCUT2D eigenvalue weighted by Crippen LogP contribution is 2.25. The highest BCUT2D eigenvalue weighted by atomic mass is 79.9. The van der Waals surface area contributed by atoms with Crippen LogP contribution in [0.1, 0.15) is 0 Å². The molecule has 0 aliphatic heterocycles. The van der Waals surface area contributed by atoms with Crippen molar-refractivity contribution in [3.63, 3.8) is 0 Å². The lowest BCUT2D eigenvalue weighted by Crippen LogP contribution is -2.18. The number of hydrogen-bond donors (Lipinski definition) is 2. The summed E-state index contributed by atoms with van der Waals surface area (Å²) in [7, 11) is 0. The Morgan fingerprint density at radius 1 is 1.58 bits per heavy atom. The van der Waals surface area contributed by atoms with Crippen LogP contribution < -0.4 is 11.1 Å². The van der Waals surface area contributed by atoms with Gasteiger partial charge in [-0.25, -0.2) is 0 Å². The molecular formula is C7H6BrClN2S. The first kappa shape index (κ1) is 9.77. The molecule has 1 aromatic rings. The number of thiocarbonyl (C=S) groups is 1. The Balaban J connectivity index is 2.93. The third-order valence-electron chi connectivity index (χ3n) is 1.19. The summed E-state index contributed by atoms with van der Waals surface area (Å²) in [4.78, 5) is 0. The summed E-state index contributed by atoms with van der Waals surface area (Å²) in [5.74, 6) is 0. The summed E-state index contributed by atoms with van der Waals surface area (Å²) in [5, 5.41) is 3.55. The maximum Gasteiger partial charge on any atom is 0.168 e. The average Bonchev–Trinajstić information content (AvgIpc) is 1.94. The zero-order chi connectivity index (χ0) is 9.14. The fraction of sp³-hybridized carbons (Fsp3) is 0. The van der Waals surface area contributed by atoms with Crippen molar-refractivity contribution in [1.82, 2.24) is 0 Å². The van der Waals surface area contributed by atoms with Crippen molar-refractivity contribution in [2.75, 3.05) is 5.32 Å². The molecular weight excluding hydrogens is 260 g/mol. The molecule has 1 rings (SSSR count). The van der Waals surface area contributed by atoms with Gasteiger partial charge in [-0.05, 0) is 30.4 Å².